The molecule has 1 aliphatic rings. The molecule has 0 amide bonds. The molecular weight excluding hydrogens is 362 g/mol. The topological polar surface area (TPSA) is 80.1 Å². The highest BCUT2D eigenvalue weighted by Crippen LogP contribution is 2.29. The van der Waals surface area contributed by atoms with E-state index in [1.54, 1.807) is 16.7 Å². The second-order valence-electron chi connectivity index (χ2n) is 6.69. The summed E-state index contributed by atoms with van der Waals surface area (Å²) in [5.74, 6) is 0.199. The smallest absolute Gasteiger partial charge is 0.264 e. The first kappa shape index (κ1) is 17.5. The van der Waals surface area contributed by atoms with Crippen LogP contribution in [0, 0.1) is 0 Å². The maximum absolute atomic E-state index is 12.9. The summed E-state index contributed by atoms with van der Waals surface area (Å²) in [6.45, 7) is 1.41. The first-order chi connectivity index (χ1) is 13.0. The van der Waals surface area contributed by atoms with Crippen LogP contribution in [0.5, 0.6) is 0 Å². The zero-order chi connectivity index (χ0) is 18.9. The second kappa shape index (κ2) is 7.03. The fourth-order valence-corrected chi connectivity index (χ4v) is 4.34. The zero-order valence-electron chi connectivity index (χ0n) is 15.0. The summed E-state index contributed by atoms with van der Waals surface area (Å²) < 4.78 is 30.0. The number of hydrogen-bond donors (Lipinski definition) is 1. The molecule has 1 aromatic heterocycles. The van der Waals surface area contributed by atoms with E-state index in [1.807, 2.05) is 43.4 Å². The Morgan fingerprint density at radius 3 is 2.78 bits per heavy atom. The Labute approximate surface area is 158 Å². The van der Waals surface area contributed by atoms with Crippen LogP contribution in [0.15, 0.2) is 59.8 Å². The summed E-state index contributed by atoms with van der Waals surface area (Å²) >= 11 is 0. The summed E-state index contributed by atoms with van der Waals surface area (Å²) in [5.41, 5.74) is 3.18. The van der Waals surface area contributed by atoms with Gasteiger partial charge in [-0.2, -0.15) is 0 Å². The lowest BCUT2D eigenvalue weighted by molar-refractivity contribution is 0.600. The largest absolute Gasteiger partial charge is 0.374 e. The fourth-order valence-electron chi connectivity index (χ4n) is 3.31. The number of nitrogens with one attached hydrogen (secondary N) is 1. The Hall–Kier alpha value is -2.87. The van der Waals surface area contributed by atoms with Crippen molar-refractivity contribution in [3.63, 3.8) is 0 Å². The van der Waals surface area contributed by atoms with Gasteiger partial charge in [-0.25, -0.2) is 13.1 Å². The van der Waals surface area contributed by atoms with Crippen LogP contribution in [0.4, 0.5) is 11.6 Å². The molecule has 0 radical (unpaired) electrons. The van der Waals surface area contributed by atoms with Gasteiger partial charge < -0.3 is 4.90 Å². The van der Waals surface area contributed by atoms with Crippen LogP contribution < -0.4 is 9.62 Å². The quantitative estimate of drug-likeness (QED) is 0.732. The number of rotatable bonds is 5. The maximum Gasteiger partial charge on any atom is 0.264 e. The van der Waals surface area contributed by atoms with Crippen molar-refractivity contribution >= 4 is 21.7 Å². The highest BCUT2D eigenvalue weighted by Gasteiger charge is 2.21. The molecule has 0 bridgehead atoms. The maximum atomic E-state index is 12.9. The van der Waals surface area contributed by atoms with Crippen LogP contribution in [-0.4, -0.2) is 36.8 Å². The van der Waals surface area contributed by atoms with Crippen molar-refractivity contribution in [1.82, 2.24) is 14.8 Å². The number of fused-ring (bicyclic) bond motifs is 1. The molecule has 8 heteroatoms. The van der Waals surface area contributed by atoms with Crippen molar-refractivity contribution in [3.8, 4) is 0 Å². The predicted octanol–water partition coefficient (Wildman–Crippen LogP) is 2.51. The molecule has 140 valence electrons. The van der Waals surface area contributed by atoms with E-state index < -0.39 is 10.0 Å². The summed E-state index contributed by atoms with van der Waals surface area (Å²) in [4.78, 5) is 2.32. The van der Waals surface area contributed by atoms with E-state index in [-0.39, 0.29) is 10.8 Å². The van der Waals surface area contributed by atoms with Crippen LogP contribution in [0.1, 0.15) is 17.5 Å². The van der Waals surface area contributed by atoms with E-state index in [9.17, 15) is 8.42 Å². The molecule has 0 saturated heterocycles. The van der Waals surface area contributed by atoms with Crippen molar-refractivity contribution in [3.05, 3.63) is 66.0 Å². The molecule has 27 heavy (non-hydrogen) atoms. The first-order valence-corrected chi connectivity index (χ1v) is 10.3. The summed E-state index contributed by atoms with van der Waals surface area (Å²) in [5, 5.41) is 7.79. The third-order valence-electron chi connectivity index (χ3n) is 4.75. The number of benzene rings is 2. The van der Waals surface area contributed by atoms with Gasteiger partial charge in [-0.15, -0.1) is 10.2 Å². The van der Waals surface area contributed by atoms with E-state index in [0.29, 0.717) is 6.54 Å². The van der Waals surface area contributed by atoms with Crippen molar-refractivity contribution in [1.29, 1.82) is 0 Å². The van der Waals surface area contributed by atoms with Gasteiger partial charge in [0, 0.05) is 19.3 Å². The van der Waals surface area contributed by atoms with Crippen LogP contribution in [0.3, 0.4) is 0 Å². The number of hydrogen-bond acceptors (Lipinski definition) is 5. The first-order valence-electron chi connectivity index (χ1n) is 8.81. The predicted molar refractivity (Wildman–Crippen MR) is 104 cm³/mol. The van der Waals surface area contributed by atoms with Gasteiger partial charge in [-0.1, -0.05) is 36.4 Å². The summed E-state index contributed by atoms with van der Waals surface area (Å²) in [6, 6.07) is 15.0. The van der Waals surface area contributed by atoms with E-state index >= 15 is 0 Å². The van der Waals surface area contributed by atoms with Crippen molar-refractivity contribution < 1.29 is 8.42 Å². The van der Waals surface area contributed by atoms with E-state index in [1.165, 1.54) is 11.9 Å². The van der Waals surface area contributed by atoms with E-state index in [0.717, 1.165) is 30.6 Å². The van der Waals surface area contributed by atoms with Gasteiger partial charge in [0.25, 0.3) is 10.0 Å². The van der Waals surface area contributed by atoms with Gasteiger partial charge in [0.05, 0.1) is 11.4 Å². The molecule has 0 atom stereocenters. The van der Waals surface area contributed by atoms with Crippen molar-refractivity contribution in [2.45, 2.75) is 24.3 Å². The summed E-state index contributed by atoms with van der Waals surface area (Å²) in [6.07, 6.45) is 3.57. The third kappa shape index (κ3) is 3.66. The van der Waals surface area contributed by atoms with Crippen molar-refractivity contribution in [2.75, 3.05) is 23.2 Å². The monoisotopic (exact) mass is 383 g/mol. The molecule has 0 fully saturated rings. The highest BCUT2D eigenvalue weighted by atomic mass is 32.2. The Balaban J connectivity index is 1.60. The number of aromatic nitrogens is 3. The fraction of sp³-hybridized carbons (Fsp3) is 0.263. The Kier molecular flexibility index (Phi) is 4.57. The molecule has 0 spiro atoms. The number of aryl methyl sites for hydroxylation is 1. The van der Waals surface area contributed by atoms with Crippen LogP contribution in [-0.2, 0) is 23.0 Å². The van der Waals surface area contributed by atoms with E-state index in [4.69, 9.17) is 0 Å². The average molecular weight is 383 g/mol. The minimum Gasteiger partial charge on any atom is -0.374 e. The molecule has 3 aromatic rings. The molecule has 0 aliphatic carbocycles. The van der Waals surface area contributed by atoms with Gasteiger partial charge in [0.1, 0.15) is 6.33 Å². The molecular formula is C19H21N5O2S. The van der Waals surface area contributed by atoms with Gasteiger partial charge >= 0.3 is 0 Å². The van der Waals surface area contributed by atoms with Crippen molar-refractivity contribution in [2.24, 2.45) is 0 Å². The third-order valence-corrected chi connectivity index (χ3v) is 6.08. The van der Waals surface area contributed by atoms with E-state index in [2.05, 4.69) is 19.8 Å². The number of anilines is 2. The van der Waals surface area contributed by atoms with Crippen LogP contribution in [0.25, 0.3) is 0 Å². The van der Waals surface area contributed by atoms with Gasteiger partial charge in [-0.3, -0.25) is 4.57 Å². The highest BCUT2D eigenvalue weighted by molar-refractivity contribution is 7.92. The lowest BCUT2D eigenvalue weighted by atomic mass is 10.0. The molecule has 0 saturated carbocycles. The van der Waals surface area contributed by atoms with Crippen LogP contribution >= 0.6 is 0 Å². The lowest BCUT2D eigenvalue weighted by Crippen LogP contribution is -2.25. The normalized spacial score (nSPS) is 14.0. The molecule has 1 N–H and O–H groups in total. The number of sulfonamides is 1. The SMILES string of the molecule is CN1CCCc2ccc(S(=O)(=O)Nc3nncn3Cc3ccccc3)cc21. The molecule has 0 unspecified atom stereocenters. The van der Waals surface area contributed by atoms with Crippen LogP contribution in [0.2, 0.25) is 0 Å². The minimum atomic E-state index is -3.75. The van der Waals surface area contributed by atoms with Gasteiger partial charge in [-0.05, 0) is 36.1 Å². The van der Waals surface area contributed by atoms with Gasteiger partial charge in [0.15, 0.2) is 0 Å². The lowest BCUT2D eigenvalue weighted by Gasteiger charge is -2.27. The molecule has 2 aromatic carbocycles. The zero-order valence-corrected chi connectivity index (χ0v) is 15.9. The molecule has 7 nitrogen and oxygen atoms in total. The standard InChI is InChI=1S/C19H21N5O2S/c1-23-11-5-8-16-9-10-17(12-18(16)23)27(25,26)22-19-21-20-14-24(19)13-15-6-3-2-4-7-15/h2-4,6-7,9-10,12,14H,5,8,11,13H2,1H3,(H,21,22). The minimum absolute atomic E-state index is 0.199. The Bertz CT molecular complexity index is 1050. The summed E-state index contributed by atoms with van der Waals surface area (Å²) in [7, 11) is -1.77. The second-order valence-corrected chi connectivity index (χ2v) is 8.37. The number of nitrogens with zero attached hydrogens (tertiary/aromatic N) is 4. The molecule has 1 aliphatic heterocycles. The molecule has 2 heterocycles. The molecule has 4 rings (SSSR count). The van der Waals surface area contributed by atoms with Gasteiger partial charge in [0.2, 0.25) is 5.95 Å². The Morgan fingerprint density at radius 1 is 1.15 bits per heavy atom. The Morgan fingerprint density at radius 2 is 1.96 bits per heavy atom. The average Bonchev–Trinajstić information content (AvgIpc) is 3.08.